The van der Waals surface area contributed by atoms with Gasteiger partial charge in [-0.2, -0.15) is 5.10 Å². The number of nitrogens with one attached hydrogen (secondary N) is 1. The van der Waals surface area contributed by atoms with E-state index in [-0.39, 0.29) is 5.69 Å². The van der Waals surface area contributed by atoms with Crippen molar-refractivity contribution in [3.63, 3.8) is 0 Å². The summed E-state index contributed by atoms with van der Waals surface area (Å²) in [5.74, 6) is 0. The van der Waals surface area contributed by atoms with E-state index in [0.717, 1.165) is 0 Å². The van der Waals surface area contributed by atoms with Gasteiger partial charge in [0.25, 0.3) is 5.69 Å². The van der Waals surface area contributed by atoms with E-state index in [2.05, 4.69) is 10.4 Å². The Morgan fingerprint density at radius 2 is 2.29 bits per heavy atom. The van der Waals surface area contributed by atoms with Gasteiger partial charge < -0.3 is 5.32 Å². The molecule has 0 aliphatic carbocycles. The summed E-state index contributed by atoms with van der Waals surface area (Å²) in [6.45, 7) is 2.64. The lowest BCUT2D eigenvalue weighted by Gasteiger charge is -2.07. The summed E-state index contributed by atoms with van der Waals surface area (Å²) in [7, 11) is 0. The maximum atomic E-state index is 10.8. The first-order valence-corrected chi connectivity index (χ1v) is 5.24. The SMILES string of the molecule is CCNc1cc(-n2cccn2)cc([N+](=O)[O-])c1. The average Bonchev–Trinajstić information content (AvgIpc) is 2.82. The molecule has 0 aliphatic rings. The number of benzene rings is 1. The van der Waals surface area contributed by atoms with Crippen molar-refractivity contribution in [3.8, 4) is 5.69 Å². The fraction of sp³-hybridized carbons (Fsp3) is 0.182. The van der Waals surface area contributed by atoms with E-state index in [4.69, 9.17) is 0 Å². The number of anilines is 1. The van der Waals surface area contributed by atoms with Gasteiger partial charge in [-0.05, 0) is 19.1 Å². The predicted molar refractivity (Wildman–Crippen MR) is 64.4 cm³/mol. The third-order valence-electron chi connectivity index (χ3n) is 2.26. The second-order valence-electron chi connectivity index (χ2n) is 3.48. The molecule has 0 spiro atoms. The van der Waals surface area contributed by atoms with Crippen LogP contribution in [0.2, 0.25) is 0 Å². The fourth-order valence-electron chi connectivity index (χ4n) is 1.56. The van der Waals surface area contributed by atoms with Crippen LogP contribution in [0.25, 0.3) is 5.69 Å². The van der Waals surface area contributed by atoms with Crippen molar-refractivity contribution < 1.29 is 4.92 Å². The number of aromatic nitrogens is 2. The van der Waals surface area contributed by atoms with Crippen LogP contribution in [0.4, 0.5) is 11.4 Å². The molecule has 1 aromatic heterocycles. The Kier molecular flexibility index (Phi) is 3.04. The Labute approximate surface area is 98.0 Å². The number of hydrogen-bond acceptors (Lipinski definition) is 4. The highest BCUT2D eigenvalue weighted by Crippen LogP contribution is 2.22. The fourth-order valence-corrected chi connectivity index (χ4v) is 1.56. The third-order valence-corrected chi connectivity index (χ3v) is 2.26. The summed E-state index contributed by atoms with van der Waals surface area (Å²) in [5, 5.41) is 17.9. The van der Waals surface area contributed by atoms with Gasteiger partial charge in [-0.15, -0.1) is 0 Å². The molecule has 0 bridgehead atoms. The maximum absolute atomic E-state index is 10.8. The smallest absolute Gasteiger partial charge is 0.273 e. The van der Waals surface area contributed by atoms with Gasteiger partial charge in [0.2, 0.25) is 0 Å². The van der Waals surface area contributed by atoms with E-state index in [0.29, 0.717) is 17.9 Å². The highest BCUT2D eigenvalue weighted by molar-refractivity contribution is 5.58. The van der Waals surface area contributed by atoms with Crippen molar-refractivity contribution in [2.24, 2.45) is 0 Å². The van der Waals surface area contributed by atoms with Crippen LogP contribution in [0.15, 0.2) is 36.7 Å². The largest absolute Gasteiger partial charge is 0.385 e. The molecule has 0 amide bonds. The maximum Gasteiger partial charge on any atom is 0.273 e. The lowest BCUT2D eigenvalue weighted by atomic mass is 10.2. The summed E-state index contributed by atoms with van der Waals surface area (Å²) in [6, 6.07) is 6.60. The van der Waals surface area contributed by atoms with E-state index in [9.17, 15) is 10.1 Å². The molecule has 17 heavy (non-hydrogen) atoms. The zero-order chi connectivity index (χ0) is 12.3. The van der Waals surface area contributed by atoms with E-state index in [1.165, 1.54) is 12.1 Å². The van der Waals surface area contributed by atoms with Crippen molar-refractivity contribution in [2.75, 3.05) is 11.9 Å². The molecule has 0 saturated heterocycles. The number of hydrogen-bond donors (Lipinski definition) is 1. The molecule has 0 radical (unpaired) electrons. The second-order valence-corrected chi connectivity index (χ2v) is 3.48. The zero-order valence-corrected chi connectivity index (χ0v) is 9.33. The van der Waals surface area contributed by atoms with Gasteiger partial charge in [-0.25, -0.2) is 4.68 Å². The Bertz CT molecular complexity index is 522. The van der Waals surface area contributed by atoms with Crippen LogP contribution in [0, 0.1) is 10.1 Å². The summed E-state index contributed by atoms with van der Waals surface area (Å²) in [5.41, 5.74) is 1.43. The topological polar surface area (TPSA) is 73.0 Å². The monoisotopic (exact) mass is 232 g/mol. The van der Waals surface area contributed by atoms with Crippen LogP contribution in [0.5, 0.6) is 0 Å². The molecule has 0 fully saturated rings. The minimum Gasteiger partial charge on any atom is -0.385 e. The standard InChI is InChI=1S/C11H12N4O2/c1-2-12-9-6-10(14-5-3-4-13-14)8-11(7-9)15(16)17/h3-8,12H,2H2,1H3. The minimum absolute atomic E-state index is 0.0500. The average molecular weight is 232 g/mol. The highest BCUT2D eigenvalue weighted by Gasteiger charge is 2.10. The molecule has 1 heterocycles. The van der Waals surface area contributed by atoms with Crippen molar-refractivity contribution >= 4 is 11.4 Å². The van der Waals surface area contributed by atoms with Crippen LogP contribution in [0.3, 0.4) is 0 Å². The summed E-state index contributed by atoms with van der Waals surface area (Å²) in [6.07, 6.45) is 3.38. The normalized spacial score (nSPS) is 10.2. The Morgan fingerprint density at radius 3 is 2.88 bits per heavy atom. The Balaban J connectivity index is 2.48. The van der Waals surface area contributed by atoms with Gasteiger partial charge in [0, 0.05) is 36.8 Å². The first kappa shape index (κ1) is 11.1. The summed E-state index contributed by atoms with van der Waals surface area (Å²) < 4.78 is 1.59. The third kappa shape index (κ3) is 2.41. The van der Waals surface area contributed by atoms with Crippen LogP contribution >= 0.6 is 0 Å². The van der Waals surface area contributed by atoms with Gasteiger partial charge >= 0.3 is 0 Å². The molecule has 1 N–H and O–H groups in total. The van der Waals surface area contributed by atoms with Gasteiger partial charge in [0.05, 0.1) is 10.6 Å². The molecule has 2 aromatic rings. The number of nitrogens with zero attached hydrogens (tertiary/aromatic N) is 3. The first-order valence-electron chi connectivity index (χ1n) is 5.24. The molecule has 88 valence electrons. The molecule has 0 unspecified atom stereocenters. The van der Waals surface area contributed by atoms with Gasteiger partial charge in [-0.3, -0.25) is 10.1 Å². The van der Waals surface area contributed by atoms with Crippen LogP contribution in [-0.2, 0) is 0 Å². The van der Waals surface area contributed by atoms with Gasteiger partial charge in [-0.1, -0.05) is 0 Å². The molecular formula is C11H12N4O2. The van der Waals surface area contributed by atoms with Crippen LogP contribution < -0.4 is 5.32 Å². The second kappa shape index (κ2) is 4.65. The summed E-state index contributed by atoms with van der Waals surface area (Å²) in [4.78, 5) is 10.4. The van der Waals surface area contributed by atoms with Gasteiger partial charge in [0.15, 0.2) is 0 Å². The van der Waals surface area contributed by atoms with Gasteiger partial charge in [0.1, 0.15) is 0 Å². The molecule has 0 aliphatic heterocycles. The number of nitro benzene ring substituents is 1. The molecule has 0 atom stereocenters. The van der Waals surface area contributed by atoms with Crippen molar-refractivity contribution in [3.05, 3.63) is 46.8 Å². The van der Waals surface area contributed by atoms with Crippen molar-refractivity contribution in [1.29, 1.82) is 0 Å². The number of non-ortho nitro benzene ring substituents is 1. The molecule has 6 nitrogen and oxygen atoms in total. The van der Waals surface area contributed by atoms with E-state index >= 15 is 0 Å². The lowest BCUT2D eigenvalue weighted by Crippen LogP contribution is -2.01. The quantitative estimate of drug-likeness (QED) is 0.648. The van der Waals surface area contributed by atoms with E-state index in [1.54, 1.807) is 23.1 Å². The molecular weight excluding hydrogens is 220 g/mol. The first-order chi connectivity index (χ1) is 8.20. The zero-order valence-electron chi connectivity index (χ0n) is 9.33. The number of rotatable bonds is 4. The Morgan fingerprint density at radius 1 is 1.47 bits per heavy atom. The summed E-state index contributed by atoms with van der Waals surface area (Å²) >= 11 is 0. The van der Waals surface area contributed by atoms with Crippen molar-refractivity contribution in [1.82, 2.24) is 9.78 Å². The van der Waals surface area contributed by atoms with Crippen molar-refractivity contribution in [2.45, 2.75) is 6.92 Å². The van der Waals surface area contributed by atoms with E-state index in [1.807, 2.05) is 13.0 Å². The molecule has 2 rings (SSSR count). The predicted octanol–water partition coefficient (Wildman–Crippen LogP) is 2.21. The molecule has 0 saturated carbocycles. The van der Waals surface area contributed by atoms with Crippen LogP contribution in [-0.4, -0.2) is 21.2 Å². The van der Waals surface area contributed by atoms with Crippen LogP contribution in [0.1, 0.15) is 6.92 Å². The Hall–Kier alpha value is -2.37. The lowest BCUT2D eigenvalue weighted by molar-refractivity contribution is -0.384. The number of nitro groups is 1. The minimum atomic E-state index is -0.409. The molecule has 1 aromatic carbocycles. The van der Waals surface area contributed by atoms with E-state index < -0.39 is 4.92 Å². The molecule has 6 heteroatoms. The highest BCUT2D eigenvalue weighted by atomic mass is 16.6.